The molecule has 0 saturated carbocycles. The number of tetrazole rings is 1. The fourth-order valence-corrected chi connectivity index (χ4v) is 5.69. The summed E-state index contributed by atoms with van der Waals surface area (Å²) in [5.41, 5.74) is 7.11. The highest BCUT2D eigenvalue weighted by molar-refractivity contribution is 5.80. The van der Waals surface area contributed by atoms with E-state index in [9.17, 15) is 0 Å². The molecule has 1 heterocycles. The second kappa shape index (κ2) is 11.0. The van der Waals surface area contributed by atoms with E-state index in [1.165, 1.54) is 5.56 Å². The molecule has 1 aromatic heterocycles. The molecule has 4 heteroatoms. The smallest absolute Gasteiger partial charge is 0.144 e. The van der Waals surface area contributed by atoms with Gasteiger partial charge in [0.05, 0.1) is 0 Å². The van der Waals surface area contributed by atoms with Crippen LogP contribution in [0, 0.1) is 5.41 Å². The third-order valence-electron chi connectivity index (χ3n) is 7.46. The van der Waals surface area contributed by atoms with Crippen molar-refractivity contribution in [3.8, 4) is 22.5 Å². The van der Waals surface area contributed by atoms with Gasteiger partial charge in [-0.05, 0) is 50.4 Å². The van der Waals surface area contributed by atoms with Gasteiger partial charge in [0, 0.05) is 5.56 Å². The summed E-state index contributed by atoms with van der Waals surface area (Å²) in [7, 11) is 0. The molecule has 0 amide bonds. The summed E-state index contributed by atoms with van der Waals surface area (Å²) in [6, 6.07) is 48.5. The van der Waals surface area contributed by atoms with Crippen molar-refractivity contribution in [2.45, 2.75) is 32.7 Å². The zero-order valence-electron chi connectivity index (χ0n) is 23.8. The lowest BCUT2D eigenvalue weighted by Gasteiger charge is -2.34. The number of hydrogen-bond acceptors (Lipinski definition) is 3. The molecule has 6 aromatic rings. The molecular weight excluding hydrogens is 500 g/mol. The standard InChI is InChI=1S/C37H34N4/c1-36(2,3)27-28-23-25-29(26-24-28)33-21-13-14-22-34(33)35-38-40-41(39-35)37(30-15-7-4-8-16-30,31-17-9-5-10-18-31)32-19-11-6-12-20-32/h4-26H,27H2,1-3H3. The van der Waals surface area contributed by atoms with E-state index >= 15 is 0 Å². The molecule has 0 spiro atoms. The Bertz CT molecular complexity index is 1620. The van der Waals surface area contributed by atoms with Crippen LogP contribution >= 0.6 is 0 Å². The first-order valence-corrected chi connectivity index (χ1v) is 14.1. The summed E-state index contributed by atoms with van der Waals surface area (Å²) in [5.74, 6) is 0.589. The number of hydrogen-bond donors (Lipinski definition) is 0. The largest absolute Gasteiger partial charge is 0.205 e. The van der Waals surface area contributed by atoms with Crippen molar-refractivity contribution in [1.82, 2.24) is 20.2 Å². The van der Waals surface area contributed by atoms with Crippen LogP contribution in [-0.2, 0) is 12.0 Å². The maximum absolute atomic E-state index is 5.13. The number of aromatic nitrogens is 4. The maximum atomic E-state index is 5.13. The lowest BCUT2D eigenvalue weighted by atomic mass is 9.77. The Morgan fingerprint density at radius 2 is 1.00 bits per heavy atom. The fraction of sp³-hybridized carbons (Fsp3) is 0.162. The van der Waals surface area contributed by atoms with Crippen molar-refractivity contribution in [3.63, 3.8) is 0 Å². The van der Waals surface area contributed by atoms with Gasteiger partial charge in [0.15, 0.2) is 5.54 Å². The van der Waals surface area contributed by atoms with Crippen molar-refractivity contribution < 1.29 is 0 Å². The van der Waals surface area contributed by atoms with Crippen LogP contribution in [0.25, 0.3) is 22.5 Å². The van der Waals surface area contributed by atoms with Crippen LogP contribution in [0.15, 0.2) is 140 Å². The van der Waals surface area contributed by atoms with Crippen LogP contribution in [0.4, 0.5) is 0 Å². The third kappa shape index (κ3) is 5.21. The van der Waals surface area contributed by atoms with E-state index in [2.05, 4.69) is 141 Å². The Labute approximate surface area is 242 Å². The van der Waals surface area contributed by atoms with Gasteiger partial charge in [-0.25, -0.2) is 0 Å². The summed E-state index contributed by atoms with van der Waals surface area (Å²) in [5, 5.41) is 14.6. The van der Waals surface area contributed by atoms with Gasteiger partial charge in [0.25, 0.3) is 0 Å². The van der Waals surface area contributed by atoms with Crippen molar-refractivity contribution in [3.05, 3.63) is 162 Å². The molecule has 4 nitrogen and oxygen atoms in total. The van der Waals surface area contributed by atoms with Crippen molar-refractivity contribution in [2.24, 2.45) is 5.41 Å². The van der Waals surface area contributed by atoms with E-state index in [-0.39, 0.29) is 5.41 Å². The highest BCUT2D eigenvalue weighted by Crippen LogP contribution is 2.40. The van der Waals surface area contributed by atoms with Gasteiger partial charge in [-0.1, -0.05) is 160 Å². The van der Waals surface area contributed by atoms with Gasteiger partial charge in [-0.15, -0.1) is 15.0 Å². The second-order valence-corrected chi connectivity index (χ2v) is 11.7. The van der Waals surface area contributed by atoms with Crippen LogP contribution in [0.5, 0.6) is 0 Å². The van der Waals surface area contributed by atoms with Crippen molar-refractivity contribution >= 4 is 0 Å². The molecule has 5 aromatic carbocycles. The first kappa shape index (κ1) is 26.4. The Balaban J connectivity index is 1.50. The quantitative estimate of drug-likeness (QED) is 0.193. The summed E-state index contributed by atoms with van der Waals surface area (Å²) < 4.78 is 0. The molecule has 0 aliphatic carbocycles. The topological polar surface area (TPSA) is 43.6 Å². The lowest BCUT2D eigenvalue weighted by molar-refractivity contribution is 0.396. The Hall–Kier alpha value is -4.83. The predicted molar refractivity (Wildman–Crippen MR) is 166 cm³/mol. The average Bonchev–Trinajstić information content (AvgIpc) is 3.49. The highest BCUT2D eigenvalue weighted by atomic mass is 15.6. The summed E-state index contributed by atoms with van der Waals surface area (Å²) in [6.45, 7) is 6.81. The Morgan fingerprint density at radius 3 is 1.49 bits per heavy atom. The van der Waals surface area contributed by atoms with E-state index in [4.69, 9.17) is 10.3 Å². The first-order chi connectivity index (χ1) is 19.9. The van der Waals surface area contributed by atoms with Crippen LogP contribution in [0.3, 0.4) is 0 Å². The summed E-state index contributed by atoms with van der Waals surface area (Å²) in [6.07, 6.45) is 1.03. The minimum Gasteiger partial charge on any atom is -0.144 e. The molecule has 0 aliphatic heterocycles. The van der Waals surface area contributed by atoms with E-state index in [0.717, 1.165) is 39.8 Å². The molecule has 0 fully saturated rings. The monoisotopic (exact) mass is 534 g/mol. The van der Waals surface area contributed by atoms with Crippen LogP contribution < -0.4 is 0 Å². The number of rotatable bonds is 7. The van der Waals surface area contributed by atoms with Gasteiger partial charge < -0.3 is 0 Å². The van der Waals surface area contributed by atoms with Gasteiger partial charge in [-0.2, -0.15) is 0 Å². The molecule has 0 radical (unpaired) electrons. The zero-order chi connectivity index (χ0) is 28.3. The number of nitrogens with zero attached hydrogens (tertiary/aromatic N) is 4. The molecular formula is C37H34N4. The molecule has 6 rings (SSSR count). The van der Waals surface area contributed by atoms with E-state index in [1.807, 2.05) is 24.3 Å². The predicted octanol–water partition coefficient (Wildman–Crippen LogP) is 8.44. The SMILES string of the molecule is CC(C)(C)Cc1ccc(-c2ccccc2-c2nnn(C(c3ccccc3)(c3ccccc3)c3ccccc3)n2)cc1. The van der Waals surface area contributed by atoms with Gasteiger partial charge in [0.1, 0.15) is 0 Å². The molecule has 0 N–H and O–H groups in total. The second-order valence-electron chi connectivity index (χ2n) is 11.7. The zero-order valence-corrected chi connectivity index (χ0v) is 23.8. The fourth-order valence-electron chi connectivity index (χ4n) is 5.69. The normalized spacial score (nSPS) is 11.9. The van der Waals surface area contributed by atoms with Crippen LogP contribution in [0.1, 0.15) is 43.0 Å². The Kier molecular flexibility index (Phi) is 7.07. The summed E-state index contributed by atoms with van der Waals surface area (Å²) in [4.78, 5) is 1.78. The molecule has 41 heavy (non-hydrogen) atoms. The minimum atomic E-state index is -0.807. The molecule has 0 atom stereocenters. The molecule has 0 saturated heterocycles. The van der Waals surface area contributed by atoms with Gasteiger partial charge >= 0.3 is 0 Å². The summed E-state index contributed by atoms with van der Waals surface area (Å²) >= 11 is 0. The molecule has 0 unspecified atom stereocenters. The average molecular weight is 535 g/mol. The minimum absolute atomic E-state index is 0.241. The molecule has 202 valence electrons. The van der Waals surface area contributed by atoms with E-state index in [0.29, 0.717) is 5.82 Å². The highest BCUT2D eigenvalue weighted by Gasteiger charge is 2.41. The third-order valence-corrected chi connectivity index (χ3v) is 7.46. The van der Waals surface area contributed by atoms with Gasteiger partial charge in [-0.3, -0.25) is 0 Å². The molecule has 0 bridgehead atoms. The van der Waals surface area contributed by atoms with E-state index in [1.54, 1.807) is 4.80 Å². The maximum Gasteiger partial charge on any atom is 0.205 e. The van der Waals surface area contributed by atoms with Crippen molar-refractivity contribution in [1.29, 1.82) is 0 Å². The van der Waals surface area contributed by atoms with Crippen LogP contribution in [0.2, 0.25) is 0 Å². The molecule has 0 aliphatic rings. The van der Waals surface area contributed by atoms with Gasteiger partial charge in [0.2, 0.25) is 5.82 Å². The Morgan fingerprint density at radius 1 is 0.537 bits per heavy atom. The van der Waals surface area contributed by atoms with E-state index < -0.39 is 5.54 Å². The van der Waals surface area contributed by atoms with Crippen LogP contribution in [-0.4, -0.2) is 20.2 Å². The van der Waals surface area contributed by atoms with Crippen molar-refractivity contribution in [2.75, 3.05) is 0 Å². The lowest BCUT2D eigenvalue weighted by Crippen LogP contribution is -2.39. The number of benzene rings is 5. The first-order valence-electron chi connectivity index (χ1n) is 14.1.